The predicted octanol–water partition coefficient (Wildman–Crippen LogP) is 3.36. The number of pyridine rings is 1. The van der Waals surface area contributed by atoms with Crippen LogP contribution < -0.4 is 15.4 Å². The van der Waals surface area contributed by atoms with Crippen molar-refractivity contribution >= 4 is 44.8 Å². The average Bonchev–Trinajstić information content (AvgIpc) is 3.24. The summed E-state index contributed by atoms with van der Waals surface area (Å²) in [7, 11) is -3.79. The maximum atomic E-state index is 13.6. The molecule has 1 aliphatic rings. The van der Waals surface area contributed by atoms with Crippen molar-refractivity contribution < 1.29 is 22.4 Å². The maximum absolute atomic E-state index is 13.6. The van der Waals surface area contributed by atoms with Crippen molar-refractivity contribution in [3.8, 4) is 16.9 Å². The summed E-state index contributed by atoms with van der Waals surface area (Å²) in [4.78, 5) is 29.0. The summed E-state index contributed by atoms with van der Waals surface area (Å²) in [6, 6.07) is 13.1. The minimum Gasteiger partial charge on any atom is -0.364 e. The number of primary amides is 1. The molecule has 0 saturated heterocycles. The molecule has 0 saturated carbocycles. The smallest absolute Gasteiger partial charge is 0.269 e. The van der Waals surface area contributed by atoms with Crippen LogP contribution in [0.5, 0.6) is 0 Å². The van der Waals surface area contributed by atoms with Crippen molar-refractivity contribution in [3.63, 3.8) is 0 Å². The lowest BCUT2D eigenvalue weighted by atomic mass is 9.98. The lowest BCUT2D eigenvalue weighted by Crippen LogP contribution is -2.33. The van der Waals surface area contributed by atoms with Crippen molar-refractivity contribution in [3.05, 3.63) is 88.6 Å². The number of nitrogens with zero attached hydrogens (tertiary/aromatic N) is 4. The van der Waals surface area contributed by atoms with Crippen LogP contribution in [0.25, 0.3) is 16.9 Å². The highest BCUT2D eigenvalue weighted by Gasteiger charge is 2.35. The SMILES string of the molecule is CS(=O)(=O)N1Cc2c(C(N)=O)nn(-c3ccc(F)cc3)c2-c2cc(NC(=O)c3cccnc3Cl)ccc21. The zero-order valence-corrected chi connectivity index (χ0v) is 20.7. The highest BCUT2D eigenvalue weighted by molar-refractivity contribution is 7.92. The van der Waals surface area contributed by atoms with Gasteiger partial charge in [0.15, 0.2) is 5.69 Å². The number of hydrogen-bond acceptors (Lipinski definition) is 6. The van der Waals surface area contributed by atoms with E-state index in [1.165, 1.54) is 53.3 Å². The molecule has 0 spiro atoms. The van der Waals surface area contributed by atoms with Gasteiger partial charge in [-0.1, -0.05) is 11.6 Å². The monoisotopic (exact) mass is 540 g/mol. The van der Waals surface area contributed by atoms with Crippen LogP contribution in [-0.2, 0) is 16.6 Å². The van der Waals surface area contributed by atoms with Crippen LogP contribution in [0, 0.1) is 5.82 Å². The first-order valence-electron chi connectivity index (χ1n) is 10.8. The van der Waals surface area contributed by atoms with Gasteiger partial charge in [-0.25, -0.2) is 22.5 Å². The third kappa shape index (κ3) is 4.41. The first-order chi connectivity index (χ1) is 17.5. The molecule has 0 bridgehead atoms. The number of aromatic nitrogens is 3. The molecule has 0 aliphatic carbocycles. The van der Waals surface area contributed by atoms with Gasteiger partial charge in [0.1, 0.15) is 11.0 Å². The topological polar surface area (TPSA) is 140 Å². The van der Waals surface area contributed by atoms with E-state index in [-0.39, 0.29) is 28.5 Å². The number of sulfonamides is 1. The van der Waals surface area contributed by atoms with Gasteiger partial charge in [-0.3, -0.25) is 13.9 Å². The second kappa shape index (κ2) is 8.98. The van der Waals surface area contributed by atoms with Crippen LogP contribution in [0.2, 0.25) is 5.15 Å². The zero-order chi connectivity index (χ0) is 26.5. The van der Waals surface area contributed by atoms with E-state index in [4.69, 9.17) is 17.3 Å². The second-order valence-corrected chi connectivity index (χ2v) is 10.5. The average molecular weight is 541 g/mol. The Kier molecular flexibility index (Phi) is 5.92. The van der Waals surface area contributed by atoms with E-state index in [0.29, 0.717) is 28.3 Å². The first-order valence-corrected chi connectivity index (χ1v) is 13.0. The minimum atomic E-state index is -3.79. The fourth-order valence-corrected chi connectivity index (χ4v) is 5.23. The minimum absolute atomic E-state index is 0.0176. The van der Waals surface area contributed by atoms with Gasteiger partial charge in [0.05, 0.1) is 35.4 Å². The largest absolute Gasteiger partial charge is 0.364 e. The van der Waals surface area contributed by atoms with E-state index in [1.807, 2.05) is 0 Å². The summed E-state index contributed by atoms with van der Waals surface area (Å²) in [5, 5.41) is 7.09. The van der Waals surface area contributed by atoms with E-state index in [2.05, 4.69) is 15.4 Å². The highest BCUT2D eigenvalue weighted by atomic mass is 35.5. The molecule has 3 heterocycles. The molecule has 0 fully saturated rings. The Labute approximate surface area is 215 Å². The van der Waals surface area contributed by atoms with E-state index in [0.717, 1.165) is 10.6 Å². The maximum Gasteiger partial charge on any atom is 0.269 e. The molecule has 2 aromatic heterocycles. The van der Waals surface area contributed by atoms with Crippen molar-refractivity contribution in [1.82, 2.24) is 14.8 Å². The second-order valence-electron chi connectivity index (χ2n) is 8.23. The van der Waals surface area contributed by atoms with Gasteiger partial charge in [-0.2, -0.15) is 5.10 Å². The third-order valence-electron chi connectivity index (χ3n) is 5.77. The molecule has 37 heavy (non-hydrogen) atoms. The molecule has 4 aromatic rings. The highest BCUT2D eigenvalue weighted by Crippen LogP contribution is 2.44. The summed E-state index contributed by atoms with van der Waals surface area (Å²) >= 11 is 6.04. The van der Waals surface area contributed by atoms with Crippen molar-refractivity contribution in [2.75, 3.05) is 15.9 Å². The summed E-state index contributed by atoms with van der Waals surface area (Å²) in [5.74, 6) is -1.86. The Morgan fingerprint density at radius 2 is 1.86 bits per heavy atom. The first kappa shape index (κ1) is 24.4. The van der Waals surface area contributed by atoms with E-state index in [1.54, 1.807) is 12.1 Å². The number of nitrogens with one attached hydrogen (secondary N) is 1. The Bertz CT molecular complexity index is 1690. The van der Waals surface area contributed by atoms with Gasteiger partial charge < -0.3 is 11.1 Å². The number of rotatable bonds is 5. The molecule has 2 aromatic carbocycles. The van der Waals surface area contributed by atoms with Gasteiger partial charge in [-0.15, -0.1) is 0 Å². The number of nitrogens with two attached hydrogens (primary N) is 1. The Hall–Kier alpha value is -4.29. The summed E-state index contributed by atoms with van der Waals surface area (Å²) in [5.41, 5.74) is 7.64. The third-order valence-corrected chi connectivity index (χ3v) is 7.20. The number of benzene rings is 2. The van der Waals surface area contributed by atoms with Gasteiger partial charge in [0, 0.05) is 23.0 Å². The van der Waals surface area contributed by atoms with Crippen molar-refractivity contribution in [2.24, 2.45) is 5.73 Å². The van der Waals surface area contributed by atoms with E-state index in [9.17, 15) is 22.4 Å². The van der Waals surface area contributed by atoms with Crippen LogP contribution in [0.4, 0.5) is 15.8 Å². The molecule has 13 heteroatoms. The Balaban J connectivity index is 1.71. The fourth-order valence-electron chi connectivity index (χ4n) is 4.14. The van der Waals surface area contributed by atoms with Gasteiger partial charge in [0.2, 0.25) is 10.0 Å². The van der Waals surface area contributed by atoms with Gasteiger partial charge >= 0.3 is 0 Å². The fraction of sp³-hybridized carbons (Fsp3) is 0.0833. The van der Waals surface area contributed by atoms with E-state index >= 15 is 0 Å². The molecule has 5 rings (SSSR count). The molecule has 0 unspecified atom stereocenters. The Morgan fingerprint density at radius 1 is 1.14 bits per heavy atom. The standard InChI is InChI=1S/C24H18ClFN6O4S/c1-37(35,36)31-12-18-20(23(27)33)30-32(15-7-4-13(26)5-8-15)21(18)17-11-14(6-9-19(17)31)29-24(34)16-3-2-10-28-22(16)25/h2-11H,12H2,1H3,(H2,27,33)(H,29,34). The van der Waals surface area contributed by atoms with Crippen LogP contribution >= 0.6 is 11.6 Å². The van der Waals surface area contributed by atoms with Gasteiger partial charge in [0.25, 0.3) is 11.8 Å². The molecule has 0 radical (unpaired) electrons. The molecule has 0 atom stereocenters. The van der Waals surface area contributed by atoms with Crippen LogP contribution in [0.3, 0.4) is 0 Å². The lowest BCUT2D eigenvalue weighted by molar-refractivity contribution is 0.0992. The van der Waals surface area contributed by atoms with Crippen LogP contribution in [-0.4, -0.2) is 41.3 Å². The van der Waals surface area contributed by atoms with Crippen LogP contribution in [0.1, 0.15) is 26.4 Å². The summed E-state index contributed by atoms with van der Waals surface area (Å²) < 4.78 is 41.5. The normalized spacial score (nSPS) is 12.6. The molecule has 1 aliphatic heterocycles. The number of fused-ring (bicyclic) bond motifs is 3. The van der Waals surface area contributed by atoms with Gasteiger partial charge in [-0.05, 0) is 54.6 Å². The van der Waals surface area contributed by atoms with Crippen molar-refractivity contribution in [2.45, 2.75) is 6.54 Å². The number of hydrogen-bond donors (Lipinski definition) is 2. The predicted molar refractivity (Wildman–Crippen MR) is 136 cm³/mol. The number of anilines is 2. The lowest BCUT2D eigenvalue weighted by Gasteiger charge is -2.30. The quantitative estimate of drug-likeness (QED) is 0.372. The summed E-state index contributed by atoms with van der Waals surface area (Å²) in [6.07, 6.45) is 2.49. The van der Waals surface area contributed by atoms with Crippen molar-refractivity contribution in [1.29, 1.82) is 0 Å². The van der Waals surface area contributed by atoms with Crippen LogP contribution in [0.15, 0.2) is 60.8 Å². The molecular formula is C24H18ClFN6O4S. The summed E-state index contributed by atoms with van der Waals surface area (Å²) in [6.45, 7) is -0.197. The molecule has 2 amide bonds. The number of carbonyl (C=O) groups excluding carboxylic acids is 2. The molecule has 3 N–H and O–H groups in total. The number of amides is 2. The Morgan fingerprint density at radius 3 is 2.51 bits per heavy atom. The molecule has 10 nitrogen and oxygen atoms in total. The molecular weight excluding hydrogens is 523 g/mol. The molecule has 188 valence electrons. The van der Waals surface area contributed by atoms with E-state index < -0.39 is 27.7 Å². The zero-order valence-electron chi connectivity index (χ0n) is 19.1. The number of halogens is 2. The number of carbonyl (C=O) groups is 2.